The number of aliphatic hydroxyl groups is 1. The van der Waals surface area contributed by atoms with Crippen molar-refractivity contribution in [2.24, 2.45) is 0 Å². The molecule has 15 heavy (non-hydrogen) atoms. The van der Waals surface area contributed by atoms with Gasteiger partial charge >= 0.3 is 0 Å². The van der Waals surface area contributed by atoms with Crippen LogP contribution in [0.1, 0.15) is 30.0 Å². The number of benzene rings is 1. The third-order valence-electron chi connectivity index (χ3n) is 2.92. The Morgan fingerprint density at radius 1 is 1.47 bits per heavy atom. The maximum Gasteiger partial charge on any atom is 0.0556 e. The Kier molecular flexibility index (Phi) is 3.78. The minimum Gasteiger partial charge on any atom is -0.395 e. The number of aryl methyl sites for hydroxylation is 1. The molecule has 0 heterocycles. The molecule has 2 N–H and O–H groups in total. The van der Waals surface area contributed by atoms with Crippen LogP contribution >= 0.6 is 15.9 Å². The quantitative estimate of drug-likeness (QED) is 0.884. The lowest BCUT2D eigenvalue weighted by Crippen LogP contribution is -2.27. The Bertz CT molecular complexity index is 340. The van der Waals surface area contributed by atoms with E-state index in [2.05, 4.69) is 39.4 Å². The van der Waals surface area contributed by atoms with Crippen molar-refractivity contribution in [1.29, 1.82) is 0 Å². The lowest BCUT2D eigenvalue weighted by atomic mass is 9.88. The molecule has 1 aliphatic rings. The zero-order chi connectivity index (χ0) is 10.7. The summed E-state index contributed by atoms with van der Waals surface area (Å²) in [5, 5.41) is 12.2. The van der Waals surface area contributed by atoms with Crippen molar-refractivity contribution in [3.8, 4) is 0 Å². The highest BCUT2D eigenvalue weighted by molar-refractivity contribution is 9.10. The average molecular weight is 270 g/mol. The van der Waals surface area contributed by atoms with E-state index in [1.54, 1.807) is 0 Å². The van der Waals surface area contributed by atoms with Gasteiger partial charge in [0.15, 0.2) is 0 Å². The first-order valence-electron chi connectivity index (χ1n) is 5.44. The number of aliphatic hydroxyl groups excluding tert-OH is 1. The molecule has 1 unspecified atom stereocenters. The first-order valence-corrected chi connectivity index (χ1v) is 6.23. The summed E-state index contributed by atoms with van der Waals surface area (Å²) >= 11 is 3.51. The van der Waals surface area contributed by atoms with Crippen LogP contribution in [0.3, 0.4) is 0 Å². The van der Waals surface area contributed by atoms with Gasteiger partial charge in [-0.05, 0) is 42.5 Å². The second kappa shape index (κ2) is 5.10. The first-order chi connectivity index (χ1) is 7.31. The molecule has 0 spiro atoms. The lowest BCUT2D eigenvalue weighted by molar-refractivity contribution is 0.280. The molecular formula is C12H16BrNO. The van der Waals surface area contributed by atoms with Gasteiger partial charge in [-0.15, -0.1) is 0 Å². The summed E-state index contributed by atoms with van der Waals surface area (Å²) in [5.74, 6) is 0. The van der Waals surface area contributed by atoms with E-state index < -0.39 is 0 Å². The molecule has 82 valence electrons. The maximum absolute atomic E-state index is 8.83. The fourth-order valence-corrected chi connectivity index (χ4v) is 2.60. The Labute approximate surface area is 98.8 Å². The zero-order valence-corrected chi connectivity index (χ0v) is 10.3. The van der Waals surface area contributed by atoms with E-state index >= 15 is 0 Å². The second-order valence-corrected chi connectivity index (χ2v) is 4.88. The highest BCUT2D eigenvalue weighted by Crippen LogP contribution is 2.31. The van der Waals surface area contributed by atoms with E-state index in [1.165, 1.54) is 30.4 Å². The predicted octanol–water partition coefficient (Wildman–Crippen LogP) is 2.41. The third kappa shape index (κ3) is 2.60. The molecule has 0 fully saturated rings. The zero-order valence-electron chi connectivity index (χ0n) is 8.67. The molecule has 1 aromatic rings. The van der Waals surface area contributed by atoms with Gasteiger partial charge in [-0.25, -0.2) is 0 Å². The van der Waals surface area contributed by atoms with Crippen LogP contribution in [0.25, 0.3) is 0 Å². The Hall–Kier alpha value is -0.380. The number of fused-ring (bicyclic) bond motifs is 1. The third-order valence-corrected chi connectivity index (χ3v) is 3.42. The molecule has 0 amide bonds. The Morgan fingerprint density at radius 3 is 3.13 bits per heavy atom. The van der Waals surface area contributed by atoms with E-state index in [9.17, 15) is 0 Å². The normalized spacial score (nSPS) is 20.0. The summed E-state index contributed by atoms with van der Waals surface area (Å²) < 4.78 is 1.14. The van der Waals surface area contributed by atoms with Gasteiger partial charge in [-0.1, -0.05) is 22.0 Å². The van der Waals surface area contributed by atoms with E-state index in [-0.39, 0.29) is 6.61 Å². The van der Waals surface area contributed by atoms with Crippen molar-refractivity contribution >= 4 is 15.9 Å². The van der Waals surface area contributed by atoms with Gasteiger partial charge in [-0.3, -0.25) is 0 Å². The van der Waals surface area contributed by atoms with Crippen molar-refractivity contribution < 1.29 is 5.11 Å². The van der Waals surface area contributed by atoms with E-state index in [1.807, 2.05) is 0 Å². The number of hydrogen-bond acceptors (Lipinski definition) is 2. The van der Waals surface area contributed by atoms with E-state index in [4.69, 9.17) is 5.11 Å². The topological polar surface area (TPSA) is 32.3 Å². The average Bonchev–Trinajstić information content (AvgIpc) is 2.26. The minimum absolute atomic E-state index is 0.208. The summed E-state index contributed by atoms with van der Waals surface area (Å²) in [6.45, 7) is 0.885. The van der Waals surface area contributed by atoms with Crippen molar-refractivity contribution in [2.75, 3.05) is 13.2 Å². The van der Waals surface area contributed by atoms with Crippen LogP contribution in [0, 0.1) is 0 Å². The lowest BCUT2D eigenvalue weighted by Gasteiger charge is -2.26. The predicted molar refractivity (Wildman–Crippen MR) is 64.9 cm³/mol. The molecule has 0 aliphatic heterocycles. The van der Waals surface area contributed by atoms with Gasteiger partial charge in [0.05, 0.1) is 6.61 Å². The van der Waals surface area contributed by atoms with Crippen LogP contribution in [0.4, 0.5) is 0 Å². The van der Waals surface area contributed by atoms with Crippen molar-refractivity contribution in [3.63, 3.8) is 0 Å². The van der Waals surface area contributed by atoms with Crippen LogP contribution in [0.2, 0.25) is 0 Å². The number of halogens is 1. The molecule has 2 rings (SSSR count). The van der Waals surface area contributed by atoms with Gasteiger partial charge < -0.3 is 10.4 Å². The molecule has 1 aliphatic carbocycles. The van der Waals surface area contributed by atoms with Gasteiger partial charge in [0.1, 0.15) is 0 Å². The van der Waals surface area contributed by atoms with Crippen LogP contribution in [0.15, 0.2) is 22.7 Å². The summed E-state index contributed by atoms with van der Waals surface area (Å²) in [7, 11) is 0. The monoisotopic (exact) mass is 269 g/mol. The van der Waals surface area contributed by atoms with Crippen molar-refractivity contribution in [1.82, 2.24) is 5.32 Å². The summed E-state index contributed by atoms with van der Waals surface area (Å²) in [4.78, 5) is 0. The van der Waals surface area contributed by atoms with Crippen molar-refractivity contribution in [3.05, 3.63) is 33.8 Å². The number of rotatable bonds is 3. The van der Waals surface area contributed by atoms with Gasteiger partial charge in [-0.2, -0.15) is 0 Å². The smallest absolute Gasteiger partial charge is 0.0556 e. The Morgan fingerprint density at radius 2 is 2.33 bits per heavy atom. The maximum atomic E-state index is 8.83. The standard InChI is InChI=1S/C12H16BrNO/c13-10-5-4-9-2-1-3-12(11(9)8-10)14-6-7-15/h4-5,8,12,14-15H,1-3,6-7H2. The molecular weight excluding hydrogens is 254 g/mol. The summed E-state index contributed by atoms with van der Waals surface area (Å²) in [6, 6.07) is 6.92. The fourth-order valence-electron chi connectivity index (χ4n) is 2.22. The molecule has 0 bridgehead atoms. The minimum atomic E-state index is 0.208. The van der Waals surface area contributed by atoms with Gasteiger partial charge in [0.25, 0.3) is 0 Å². The summed E-state index contributed by atoms with van der Waals surface area (Å²) in [5.41, 5.74) is 2.84. The van der Waals surface area contributed by atoms with Gasteiger partial charge in [0.2, 0.25) is 0 Å². The Balaban J connectivity index is 2.20. The second-order valence-electron chi connectivity index (χ2n) is 3.97. The molecule has 2 nitrogen and oxygen atoms in total. The molecule has 1 aromatic carbocycles. The SMILES string of the molecule is OCCNC1CCCc2ccc(Br)cc21. The molecule has 1 atom stereocenters. The van der Waals surface area contributed by atoms with Crippen LogP contribution < -0.4 is 5.32 Å². The van der Waals surface area contributed by atoms with Crippen LogP contribution in [-0.4, -0.2) is 18.3 Å². The number of hydrogen-bond donors (Lipinski definition) is 2. The molecule has 3 heteroatoms. The summed E-state index contributed by atoms with van der Waals surface area (Å²) in [6.07, 6.45) is 3.58. The number of nitrogens with one attached hydrogen (secondary N) is 1. The van der Waals surface area contributed by atoms with E-state index in [0.29, 0.717) is 12.6 Å². The van der Waals surface area contributed by atoms with Crippen molar-refractivity contribution in [2.45, 2.75) is 25.3 Å². The van der Waals surface area contributed by atoms with Gasteiger partial charge in [0, 0.05) is 17.1 Å². The highest BCUT2D eigenvalue weighted by Gasteiger charge is 2.19. The highest BCUT2D eigenvalue weighted by atomic mass is 79.9. The van der Waals surface area contributed by atoms with E-state index in [0.717, 1.165) is 4.47 Å². The molecule has 0 saturated heterocycles. The molecule has 0 saturated carbocycles. The van der Waals surface area contributed by atoms with Crippen LogP contribution in [0.5, 0.6) is 0 Å². The largest absolute Gasteiger partial charge is 0.395 e. The van der Waals surface area contributed by atoms with Crippen LogP contribution in [-0.2, 0) is 6.42 Å². The molecule has 0 radical (unpaired) electrons. The fraction of sp³-hybridized carbons (Fsp3) is 0.500. The first kappa shape index (κ1) is 11.1. The molecule has 0 aromatic heterocycles.